The zero-order valence-electron chi connectivity index (χ0n) is 9.67. The molecule has 1 atom stereocenters. The van der Waals surface area contributed by atoms with E-state index in [1.807, 2.05) is 0 Å². The maximum atomic E-state index is 13.6. The Morgan fingerprint density at radius 3 is 3.00 bits per heavy atom. The number of carbonyl (C=O) groups is 1. The minimum absolute atomic E-state index is 0.294. The van der Waals surface area contributed by atoms with Crippen molar-refractivity contribution in [2.45, 2.75) is 12.5 Å². The molecule has 1 aromatic carbocycles. The van der Waals surface area contributed by atoms with Crippen molar-refractivity contribution in [1.29, 1.82) is 0 Å². The van der Waals surface area contributed by atoms with Crippen LogP contribution in [0.3, 0.4) is 0 Å². The lowest BCUT2D eigenvalue weighted by Crippen LogP contribution is -2.33. The van der Waals surface area contributed by atoms with Gasteiger partial charge in [0.25, 0.3) is 0 Å². The molecule has 0 aliphatic rings. The number of esters is 1. The highest BCUT2D eigenvalue weighted by molar-refractivity contribution is 9.10. The van der Waals surface area contributed by atoms with Crippen LogP contribution < -0.4 is 5.73 Å². The Hall–Kier alpha value is -1.40. The first kappa shape index (κ1) is 13.0. The molecule has 0 bridgehead atoms. The largest absolute Gasteiger partial charge is 0.468 e. The highest BCUT2D eigenvalue weighted by Crippen LogP contribution is 2.26. The van der Waals surface area contributed by atoms with Gasteiger partial charge in [-0.1, -0.05) is 15.9 Å². The molecule has 0 spiro atoms. The minimum atomic E-state index is -0.754. The van der Waals surface area contributed by atoms with Crippen LogP contribution in [0.2, 0.25) is 0 Å². The first-order valence-electron chi connectivity index (χ1n) is 5.31. The first-order chi connectivity index (χ1) is 8.52. The fourth-order valence-electron chi connectivity index (χ4n) is 1.85. The number of rotatable bonds is 3. The number of ether oxygens (including phenoxy) is 1. The number of halogens is 2. The summed E-state index contributed by atoms with van der Waals surface area (Å²) in [7, 11) is 1.29. The molecule has 18 heavy (non-hydrogen) atoms. The van der Waals surface area contributed by atoms with E-state index >= 15 is 0 Å². The van der Waals surface area contributed by atoms with Gasteiger partial charge < -0.3 is 15.5 Å². The van der Waals surface area contributed by atoms with Gasteiger partial charge in [0.15, 0.2) is 0 Å². The van der Waals surface area contributed by atoms with Gasteiger partial charge >= 0.3 is 5.97 Å². The molecular weight excluding hydrogens is 303 g/mol. The molecule has 0 saturated carbocycles. The lowest BCUT2D eigenvalue weighted by molar-refractivity contribution is -0.142. The Morgan fingerprint density at radius 1 is 1.61 bits per heavy atom. The van der Waals surface area contributed by atoms with Crippen molar-refractivity contribution >= 4 is 32.8 Å². The van der Waals surface area contributed by atoms with Gasteiger partial charge in [0.2, 0.25) is 0 Å². The summed E-state index contributed by atoms with van der Waals surface area (Å²) >= 11 is 3.23. The topological polar surface area (TPSA) is 68.1 Å². The second kappa shape index (κ2) is 5.07. The maximum absolute atomic E-state index is 13.6. The standard InChI is InChI=1S/C12H12BrFN2O2/c1-18-12(17)10(15)2-6-5-16-11-8(6)3-7(13)4-9(11)14/h3-5,10,16H,2,15H2,1H3. The van der Waals surface area contributed by atoms with Crippen molar-refractivity contribution in [1.82, 2.24) is 4.98 Å². The first-order valence-corrected chi connectivity index (χ1v) is 6.10. The van der Waals surface area contributed by atoms with Crippen LogP contribution in [0.15, 0.2) is 22.8 Å². The fraction of sp³-hybridized carbons (Fsp3) is 0.250. The number of nitrogens with two attached hydrogens (primary N) is 1. The molecule has 0 fully saturated rings. The number of benzene rings is 1. The van der Waals surface area contributed by atoms with E-state index < -0.39 is 12.0 Å². The third-order valence-electron chi connectivity index (χ3n) is 2.74. The summed E-state index contributed by atoms with van der Waals surface area (Å²) in [6.07, 6.45) is 1.95. The summed E-state index contributed by atoms with van der Waals surface area (Å²) in [4.78, 5) is 14.1. The number of aromatic nitrogens is 1. The monoisotopic (exact) mass is 314 g/mol. The van der Waals surface area contributed by atoms with Crippen molar-refractivity contribution in [2.24, 2.45) is 5.73 Å². The van der Waals surface area contributed by atoms with Gasteiger partial charge in [0, 0.05) is 22.5 Å². The van der Waals surface area contributed by atoms with E-state index in [2.05, 4.69) is 25.7 Å². The fourth-order valence-corrected chi connectivity index (χ4v) is 2.28. The summed E-state index contributed by atoms with van der Waals surface area (Å²) in [5, 5.41) is 0.709. The van der Waals surface area contributed by atoms with Crippen LogP contribution in [-0.4, -0.2) is 24.1 Å². The van der Waals surface area contributed by atoms with Crippen LogP contribution in [0.25, 0.3) is 10.9 Å². The molecule has 1 unspecified atom stereocenters. The number of hydrogen-bond donors (Lipinski definition) is 2. The van der Waals surface area contributed by atoms with E-state index in [1.54, 1.807) is 12.3 Å². The molecule has 4 nitrogen and oxygen atoms in total. The highest BCUT2D eigenvalue weighted by atomic mass is 79.9. The van der Waals surface area contributed by atoms with Crippen molar-refractivity contribution in [3.05, 3.63) is 34.2 Å². The predicted molar refractivity (Wildman–Crippen MR) is 69.7 cm³/mol. The van der Waals surface area contributed by atoms with Gasteiger partial charge in [0.1, 0.15) is 11.9 Å². The molecule has 96 valence electrons. The van der Waals surface area contributed by atoms with Crippen molar-refractivity contribution in [3.63, 3.8) is 0 Å². The SMILES string of the molecule is COC(=O)C(N)Cc1c[nH]c2c(F)cc(Br)cc12. The number of aromatic amines is 1. The zero-order valence-corrected chi connectivity index (χ0v) is 11.3. The number of nitrogens with one attached hydrogen (secondary N) is 1. The van der Waals surface area contributed by atoms with Crippen molar-refractivity contribution < 1.29 is 13.9 Å². The lowest BCUT2D eigenvalue weighted by atomic mass is 10.1. The Kier molecular flexibility index (Phi) is 3.68. The third-order valence-corrected chi connectivity index (χ3v) is 3.19. The van der Waals surface area contributed by atoms with Gasteiger partial charge in [-0.3, -0.25) is 4.79 Å². The number of methoxy groups -OCH3 is 1. The zero-order chi connectivity index (χ0) is 13.3. The van der Waals surface area contributed by atoms with E-state index in [0.29, 0.717) is 21.8 Å². The minimum Gasteiger partial charge on any atom is -0.468 e. The molecule has 2 aromatic rings. The summed E-state index contributed by atoms with van der Waals surface area (Å²) in [5.41, 5.74) is 6.88. The summed E-state index contributed by atoms with van der Waals surface area (Å²) in [6.45, 7) is 0. The number of fused-ring (bicyclic) bond motifs is 1. The van der Waals surface area contributed by atoms with Crippen molar-refractivity contribution in [2.75, 3.05) is 7.11 Å². The Morgan fingerprint density at radius 2 is 2.33 bits per heavy atom. The van der Waals surface area contributed by atoms with E-state index in [9.17, 15) is 9.18 Å². The molecule has 3 N–H and O–H groups in total. The molecule has 0 radical (unpaired) electrons. The Bertz CT molecular complexity index is 597. The third kappa shape index (κ3) is 2.39. The van der Waals surface area contributed by atoms with Gasteiger partial charge in [0.05, 0.1) is 12.6 Å². The molecule has 0 saturated heterocycles. The van der Waals surface area contributed by atoms with Gasteiger partial charge in [-0.15, -0.1) is 0 Å². The lowest BCUT2D eigenvalue weighted by Gasteiger charge is -2.08. The summed E-state index contributed by atoms with van der Waals surface area (Å²) in [5.74, 6) is -0.836. The van der Waals surface area contributed by atoms with Crippen LogP contribution in [0, 0.1) is 5.82 Å². The molecule has 2 rings (SSSR count). The van der Waals surface area contributed by atoms with Crippen LogP contribution in [0.4, 0.5) is 4.39 Å². The molecular formula is C12H12BrFN2O2. The average Bonchev–Trinajstić information content (AvgIpc) is 2.71. The highest BCUT2D eigenvalue weighted by Gasteiger charge is 2.17. The van der Waals surface area contributed by atoms with E-state index in [-0.39, 0.29) is 5.82 Å². The molecule has 0 aliphatic heterocycles. The predicted octanol–water partition coefficient (Wildman–Crippen LogP) is 2.11. The van der Waals surface area contributed by atoms with Crippen LogP contribution in [0.5, 0.6) is 0 Å². The van der Waals surface area contributed by atoms with Gasteiger partial charge in [-0.05, 0) is 17.7 Å². The van der Waals surface area contributed by atoms with Crippen LogP contribution >= 0.6 is 15.9 Å². The summed E-state index contributed by atoms with van der Waals surface area (Å²) in [6, 6.07) is 2.41. The number of hydrogen-bond acceptors (Lipinski definition) is 3. The number of carbonyl (C=O) groups excluding carboxylic acids is 1. The van der Waals surface area contributed by atoms with Crippen LogP contribution in [0.1, 0.15) is 5.56 Å². The molecule has 1 aromatic heterocycles. The van der Waals surface area contributed by atoms with Crippen molar-refractivity contribution in [3.8, 4) is 0 Å². The molecule has 0 aliphatic carbocycles. The second-order valence-electron chi connectivity index (χ2n) is 3.96. The smallest absolute Gasteiger partial charge is 0.322 e. The molecule has 6 heteroatoms. The van der Waals surface area contributed by atoms with Crippen LogP contribution in [-0.2, 0) is 16.0 Å². The molecule has 0 amide bonds. The molecule has 1 heterocycles. The average molecular weight is 315 g/mol. The van der Waals surface area contributed by atoms with Gasteiger partial charge in [-0.25, -0.2) is 4.39 Å². The number of H-pyrrole nitrogens is 1. The quantitative estimate of drug-likeness (QED) is 0.853. The summed E-state index contributed by atoms with van der Waals surface area (Å²) < 4.78 is 18.8. The van der Waals surface area contributed by atoms with E-state index in [1.165, 1.54) is 13.2 Å². The normalized spacial score (nSPS) is 12.7. The van der Waals surface area contributed by atoms with E-state index in [0.717, 1.165) is 5.56 Å². The Balaban J connectivity index is 2.38. The Labute approximate surface area is 111 Å². The maximum Gasteiger partial charge on any atom is 0.322 e. The second-order valence-corrected chi connectivity index (χ2v) is 4.87. The van der Waals surface area contributed by atoms with Gasteiger partial charge in [-0.2, -0.15) is 0 Å². The van der Waals surface area contributed by atoms with E-state index in [4.69, 9.17) is 5.73 Å².